The fourth-order valence-corrected chi connectivity index (χ4v) is 7.53. The SMILES string of the molecule is c1ccc(-c2ccc(N(c3ccc(-c4ncccn4)cc3)c3ccc4c(c3)c3cc5ccn(-c6ccccc6)c5cc3n4-c3ccccc3)cc2)cc1. The Labute approximate surface area is 307 Å². The van der Waals surface area contributed by atoms with Crippen LogP contribution in [0.25, 0.3) is 66.6 Å². The van der Waals surface area contributed by atoms with Crippen LogP contribution >= 0.6 is 0 Å². The zero-order valence-electron chi connectivity index (χ0n) is 28.8. The molecule has 0 aliphatic rings. The molecule has 0 aliphatic carbocycles. The highest BCUT2D eigenvalue weighted by molar-refractivity contribution is 6.14. The molecule has 0 amide bonds. The van der Waals surface area contributed by atoms with Crippen molar-refractivity contribution < 1.29 is 0 Å². The van der Waals surface area contributed by atoms with Gasteiger partial charge in [0.2, 0.25) is 0 Å². The van der Waals surface area contributed by atoms with E-state index in [2.05, 4.69) is 206 Å². The second-order valence-electron chi connectivity index (χ2n) is 13.2. The van der Waals surface area contributed by atoms with Gasteiger partial charge < -0.3 is 14.0 Å². The lowest BCUT2D eigenvalue weighted by Crippen LogP contribution is -2.10. The van der Waals surface area contributed by atoms with E-state index in [9.17, 15) is 0 Å². The Morgan fingerprint density at radius 3 is 1.64 bits per heavy atom. The molecule has 0 bridgehead atoms. The summed E-state index contributed by atoms with van der Waals surface area (Å²) < 4.78 is 4.67. The van der Waals surface area contributed by atoms with Crippen molar-refractivity contribution >= 4 is 49.8 Å². The van der Waals surface area contributed by atoms with Crippen molar-refractivity contribution in [1.82, 2.24) is 19.1 Å². The van der Waals surface area contributed by atoms with Gasteiger partial charge in [0.25, 0.3) is 0 Å². The Morgan fingerprint density at radius 2 is 0.962 bits per heavy atom. The normalized spacial score (nSPS) is 11.4. The second-order valence-corrected chi connectivity index (χ2v) is 13.2. The molecule has 0 fully saturated rings. The Hall–Kier alpha value is -7.24. The van der Waals surface area contributed by atoms with Crippen molar-refractivity contribution in [1.29, 1.82) is 0 Å². The lowest BCUT2D eigenvalue weighted by Gasteiger charge is -2.26. The molecule has 0 aliphatic heterocycles. The minimum atomic E-state index is 0.709. The maximum absolute atomic E-state index is 4.48. The van der Waals surface area contributed by atoms with E-state index >= 15 is 0 Å². The van der Waals surface area contributed by atoms with E-state index in [0.29, 0.717) is 5.82 Å². The molecule has 7 aromatic carbocycles. The van der Waals surface area contributed by atoms with Crippen LogP contribution in [0.2, 0.25) is 0 Å². The van der Waals surface area contributed by atoms with Crippen LogP contribution < -0.4 is 4.90 Å². The summed E-state index contributed by atoms with van der Waals surface area (Å²) in [6.45, 7) is 0. The number of anilines is 3. The first-order valence-corrected chi connectivity index (χ1v) is 17.8. The lowest BCUT2D eigenvalue weighted by atomic mass is 10.0. The average Bonchev–Trinajstić information content (AvgIpc) is 3.80. The molecule has 10 aromatic rings. The van der Waals surface area contributed by atoms with E-state index < -0.39 is 0 Å². The molecule has 0 saturated heterocycles. The number of rotatable bonds is 7. The summed E-state index contributed by atoms with van der Waals surface area (Å²) in [7, 11) is 0. The molecular weight excluding hydrogens is 647 g/mol. The highest BCUT2D eigenvalue weighted by Gasteiger charge is 2.19. The van der Waals surface area contributed by atoms with Gasteiger partial charge in [-0.2, -0.15) is 0 Å². The molecule has 5 heteroatoms. The van der Waals surface area contributed by atoms with E-state index in [4.69, 9.17) is 0 Å². The highest BCUT2D eigenvalue weighted by Crippen LogP contribution is 2.42. The first kappa shape index (κ1) is 30.6. The number of aromatic nitrogens is 4. The smallest absolute Gasteiger partial charge is 0.159 e. The Bertz CT molecular complexity index is 2760. The zero-order valence-corrected chi connectivity index (χ0v) is 28.8. The van der Waals surface area contributed by atoms with E-state index in [1.165, 1.54) is 32.8 Å². The van der Waals surface area contributed by atoms with Gasteiger partial charge in [0, 0.05) is 68.7 Å². The maximum atomic E-state index is 4.48. The van der Waals surface area contributed by atoms with Crippen LogP contribution in [-0.2, 0) is 0 Å². The van der Waals surface area contributed by atoms with Gasteiger partial charge >= 0.3 is 0 Å². The van der Waals surface area contributed by atoms with Crippen molar-refractivity contribution in [2.24, 2.45) is 0 Å². The molecule has 0 spiro atoms. The molecule has 0 atom stereocenters. The summed E-state index contributed by atoms with van der Waals surface area (Å²) in [5, 5.41) is 3.60. The van der Waals surface area contributed by atoms with Crippen molar-refractivity contribution in [3.63, 3.8) is 0 Å². The predicted octanol–water partition coefficient (Wildman–Crippen LogP) is 12.3. The summed E-state index contributed by atoms with van der Waals surface area (Å²) in [5.41, 5.74) is 12.3. The Morgan fingerprint density at radius 1 is 0.396 bits per heavy atom. The molecule has 10 rings (SSSR count). The van der Waals surface area contributed by atoms with Crippen LogP contribution in [0.3, 0.4) is 0 Å². The number of para-hydroxylation sites is 2. The van der Waals surface area contributed by atoms with Crippen LogP contribution in [-0.4, -0.2) is 19.1 Å². The molecule has 0 N–H and O–H groups in total. The zero-order chi connectivity index (χ0) is 35.1. The molecule has 53 heavy (non-hydrogen) atoms. The molecular formula is C48H33N5. The average molecular weight is 680 g/mol. The van der Waals surface area contributed by atoms with Gasteiger partial charge in [-0.1, -0.05) is 78.9 Å². The maximum Gasteiger partial charge on any atom is 0.159 e. The van der Waals surface area contributed by atoms with Crippen molar-refractivity contribution in [3.05, 3.63) is 201 Å². The van der Waals surface area contributed by atoms with Gasteiger partial charge in [0.1, 0.15) is 0 Å². The van der Waals surface area contributed by atoms with Crippen molar-refractivity contribution in [3.8, 4) is 33.9 Å². The van der Waals surface area contributed by atoms with Crippen LogP contribution in [0.1, 0.15) is 0 Å². The minimum Gasteiger partial charge on any atom is -0.316 e. The number of hydrogen-bond donors (Lipinski definition) is 0. The minimum absolute atomic E-state index is 0.709. The molecule has 3 aromatic heterocycles. The van der Waals surface area contributed by atoms with Gasteiger partial charge in [-0.05, 0) is 114 Å². The summed E-state index contributed by atoms with van der Waals surface area (Å²) >= 11 is 0. The Kier molecular flexibility index (Phi) is 7.40. The summed E-state index contributed by atoms with van der Waals surface area (Å²) in [4.78, 5) is 11.3. The molecule has 0 saturated carbocycles. The molecule has 5 nitrogen and oxygen atoms in total. The van der Waals surface area contributed by atoms with Crippen LogP contribution in [0.5, 0.6) is 0 Å². The first-order chi connectivity index (χ1) is 26.3. The standard InChI is InChI=1S/C48H33N5/c1-4-11-34(12-5-1)35-17-21-40(22-18-35)52(41-23-19-36(20-24-41)48-49-28-10-29-50-48)42-25-26-45-44(32-42)43-31-37-27-30-51(38-13-6-2-7-14-38)46(37)33-47(43)53(45)39-15-8-3-9-16-39/h1-33H. The third kappa shape index (κ3) is 5.43. The summed E-state index contributed by atoms with van der Waals surface area (Å²) in [6, 6.07) is 64.7. The third-order valence-electron chi connectivity index (χ3n) is 10.0. The van der Waals surface area contributed by atoms with E-state index in [0.717, 1.165) is 45.0 Å². The topological polar surface area (TPSA) is 38.9 Å². The van der Waals surface area contributed by atoms with Crippen molar-refractivity contribution in [2.45, 2.75) is 0 Å². The van der Waals surface area contributed by atoms with Gasteiger partial charge in [-0.25, -0.2) is 9.97 Å². The summed E-state index contributed by atoms with van der Waals surface area (Å²) in [6.07, 6.45) is 5.73. The highest BCUT2D eigenvalue weighted by atomic mass is 15.1. The van der Waals surface area contributed by atoms with E-state index in [1.807, 2.05) is 6.07 Å². The van der Waals surface area contributed by atoms with Crippen molar-refractivity contribution in [2.75, 3.05) is 4.90 Å². The predicted molar refractivity (Wildman–Crippen MR) is 219 cm³/mol. The molecule has 0 unspecified atom stereocenters. The first-order valence-electron chi connectivity index (χ1n) is 17.8. The quantitative estimate of drug-likeness (QED) is 0.168. The largest absolute Gasteiger partial charge is 0.316 e. The monoisotopic (exact) mass is 679 g/mol. The fourth-order valence-electron chi connectivity index (χ4n) is 7.53. The van der Waals surface area contributed by atoms with Gasteiger partial charge in [0.05, 0.1) is 16.6 Å². The Balaban J connectivity index is 1.17. The number of nitrogens with zero attached hydrogens (tertiary/aromatic N) is 5. The van der Waals surface area contributed by atoms with Crippen LogP contribution in [0.15, 0.2) is 201 Å². The molecule has 3 heterocycles. The second kappa shape index (κ2) is 12.8. The van der Waals surface area contributed by atoms with Crippen LogP contribution in [0.4, 0.5) is 17.1 Å². The van der Waals surface area contributed by atoms with Gasteiger partial charge in [-0.3, -0.25) is 0 Å². The number of fused-ring (bicyclic) bond motifs is 4. The van der Waals surface area contributed by atoms with E-state index in [-0.39, 0.29) is 0 Å². The number of hydrogen-bond acceptors (Lipinski definition) is 3. The third-order valence-corrected chi connectivity index (χ3v) is 10.0. The van der Waals surface area contributed by atoms with Crippen LogP contribution in [0, 0.1) is 0 Å². The van der Waals surface area contributed by atoms with Gasteiger partial charge in [-0.15, -0.1) is 0 Å². The lowest BCUT2D eigenvalue weighted by molar-refractivity contribution is 1.12. The summed E-state index contributed by atoms with van der Waals surface area (Å²) in [5.74, 6) is 0.709. The molecule has 250 valence electrons. The molecule has 0 radical (unpaired) electrons. The van der Waals surface area contributed by atoms with Gasteiger partial charge in [0.15, 0.2) is 5.82 Å². The fraction of sp³-hybridized carbons (Fsp3) is 0. The van der Waals surface area contributed by atoms with E-state index in [1.54, 1.807) is 12.4 Å². The number of benzene rings is 7.